The lowest BCUT2D eigenvalue weighted by molar-refractivity contribution is 0.0997. The normalized spacial score (nSPS) is 11.1. The monoisotopic (exact) mass is 389 g/mol. The van der Waals surface area contributed by atoms with Crippen molar-refractivity contribution in [2.75, 3.05) is 0 Å². The van der Waals surface area contributed by atoms with Crippen LogP contribution in [-0.2, 0) is 6.54 Å². The lowest BCUT2D eigenvalue weighted by Crippen LogP contribution is -2.15. The highest BCUT2D eigenvalue weighted by Crippen LogP contribution is 2.29. The van der Waals surface area contributed by atoms with E-state index in [2.05, 4.69) is 38.8 Å². The largest absolute Gasteiger partial charge is 0.332 e. The molecule has 0 saturated carbocycles. The Morgan fingerprint density at radius 2 is 2.12 bits per heavy atom. The minimum atomic E-state index is -1.02. The summed E-state index contributed by atoms with van der Waals surface area (Å²) in [6.07, 6.45) is 2.05. The summed E-state index contributed by atoms with van der Waals surface area (Å²) in [6.45, 7) is 2.87. The number of carbonyl (C=O) groups excluding carboxylic acids is 1. The van der Waals surface area contributed by atoms with Gasteiger partial charge in [-0.3, -0.25) is 4.79 Å². The van der Waals surface area contributed by atoms with E-state index in [9.17, 15) is 4.79 Å². The smallest absolute Gasteiger partial charge is 0.212 e. The molecular weight excluding hydrogens is 381 g/mol. The van der Waals surface area contributed by atoms with Crippen LogP contribution in [0.1, 0.15) is 30.3 Å². The van der Waals surface area contributed by atoms with Gasteiger partial charge in [-0.2, -0.15) is 0 Å². The van der Waals surface area contributed by atoms with Gasteiger partial charge in [0.15, 0.2) is 4.84 Å². The van der Waals surface area contributed by atoms with E-state index in [0.29, 0.717) is 5.69 Å². The van der Waals surface area contributed by atoms with Gasteiger partial charge in [-0.15, -0.1) is 0 Å². The summed E-state index contributed by atoms with van der Waals surface area (Å²) in [7, 11) is 0. The van der Waals surface area contributed by atoms with E-state index in [1.807, 2.05) is 4.57 Å². The van der Waals surface area contributed by atoms with E-state index in [1.165, 1.54) is 0 Å². The van der Waals surface area contributed by atoms with E-state index in [4.69, 9.17) is 23.2 Å². The summed E-state index contributed by atoms with van der Waals surface area (Å²) in [5.41, 5.74) is 0.530. The molecule has 1 heterocycles. The molecule has 0 saturated heterocycles. The molecule has 0 aliphatic carbocycles. The van der Waals surface area contributed by atoms with Crippen molar-refractivity contribution in [3.05, 3.63) is 20.8 Å². The topological polar surface area (TPSA) is 22.0 Å². The van der Waals surface area contributed by atoms with Gasteiger partial charge in [0.2, 0.25) is 5.78 Å². The number of ketones is 1. The standard InChI is InChI=1S/C10H11Br2Cl2NO/c1-2-3-4-15-7(8(16)10(13)14)5-6(11)9(15)12/h5,10H,2-4H2,1H3. The lowest BCUT2D eigenvalue weighted by atomic mass is 10.3. The zero-order valence-electron chi connectivity index (χ0n) is 8.64. The van der Waals surface area contributed by atoms with Gasteiger partial charge in [-0.05, 0) is 44.3 Å². The predicted molar refractivity (Wildman–Crippen MR) is 74.6 cm³/mol. The molecule has 0 aliphatic heterocycles. The third-order valence-electron chi connectivity index (χ3n) is 2.17. The van der Waals surface area contributed by atoms with Crippen molar-refractivity contribution in [1.82, 2.24) is 4.57 Å². The molecule has 0 amide bonds. The van der Waals surface area contributed by atoms with Gasteiger partial charge < -0.3 is 4.57 Å². The summed E-state index contributed by atoms with van der Waals surface area (Å²) < 4.78 is 3.56. The van der Waals surface area contributed by atoms with Gasteiger partial charge in [0.25, 0.3) is 0 Å². The number of nitrogens with zero attached hydrogens (tertiary/aromatic N) is 1. The van der Waals surface area contributed by atoms with Crippen LogP contribution in [0.15, 0.2) is 15.1 Å². The van der Waals surface area contributed by atoms with E-state index < -0.39 is 4.84 Å². The van der Waals surface area contributed by atoms with Crippen molar-refractivity contribution < 1.29 is 4.79 Å². The molecule has 0 aliphatic rings. The highest BCUT2D eigenvalue weighted by atomic mass is 79.9. The molecule has 0 fully saturated rings. The molecule has 0 aromatic carbocycles. The molecular formula is C10H11Br2Cl2NO. The van der Waals surface area contributed by atoms with Gasteiger partial charge in [-0.25, -0.2) is 0 Å². The van der Waals surface area contributed by atoms with Crippen LogP contribution in [0.4, 0.5) is 0 Å². The van der Waals surface area contributed by atoms with Crippen molar-refractivity contribution in [2.24, 2.45) is 0 Å². The van der Waals surface area contributed by atoms with Crippen LogP contribution in [-0.4, -0.2) is 15.2 Å². The van der Waals surface area contributed by atoms with Gasteiger partial charge >= 0.3 is 0 Å². The minimum absolute atomic E-state index is 0.272. The average Bonchev–Trinajstić information content (AvgIpc) is 2.52. The second-order valence-corrected chi connectivity index (χ2v) is 6.04. The third kappa shape index (κ3) is 3.25. The Balaban J connectivity index is 3.07. The van der Waals surface area contributed by atoms with E-state index in [0.717, 1.165) is 28.5 Å². The van der Waals surface area contributed by atoms with Crippen molar-refractivity contribution >= 4 is 60.8 Å². The maximum absolute atomic E-state index is 11.8. The Morgan fingerprint density at radius 1 is 1.50 bits per heavy atom. The van der Waals surface area contributed by atoms with Crippen LogP contribution in [0.5, 0.6) is 0 Å². The minimum Gasteiger partial charge on any atom is -0.332 e. The van der Waals surface area contributed by atoms with E-state index in [-0.39, 0.29) is 5.78 Å². The fraction of sp³-hybridized carbons (Fsp3) is 0.500. The summed E-state index contributed by atoms with van der Waals surface area (Å²) in [5.74, 6) is -0.272. The Hall–Kier alpha value is 0.490. The number of hydrogen-bond acceptors (Lipinski definition) is 1. The quantitative estimate of drug-likeness (QED) is 0.522. The zero-order valence-corrected chi connectivity index (χ0v) is 13.3. The molecule has 90 valence electrons. The van der Waals surface area contributed by atoms with Gasteiger partial charge in [0, 0.05) is 6.54 Å². The second kappa shape index (κ2) is 6.43. The number of aromatic nitrogens is 1. The van der Waals surface area contributed by atoms with Crippen molar-refractivity contribution in [3.8, 4) is 0 Å². The molecule has 0 radical (unpaired) electrons. The Morgan fingerprint density at radius 3 is 2.62 bits per heavy atom. The molecule has 0 spiro atoms. The molecule has 1 rings (SSSR count). The van der Waals surface area contributed by atoms with Crippen LogP contribution in [0.2, 0.25) is 0 Å². The molecule has 0 atom stereocenters. The molecule has 1 aromatic heterocycles. The summed E-state index contributed by atoms with van der Waals surface area (Å²) in [5, 5.41) is 0. The van der Waals surface area contributed by atoms with Crippen LogP contribution >= 0.6 is 55.1 Å². The molecule has 16 heavy (non-hydrogen) atoms. The molecule has 1 aromatic rings. The van der Waals surface area contributed by atoms with E-state index >= 15 is 0 Å². The lowest BCUT2D eigenvalue weighted by Gasteiger charge is -2.09. The molecule has 2 nitrogen and oxygen atoms in total. The second-order valence-electron chi connectivity index (χ2n) is 3.34. The highest BCUT2D eigenvalue weighted by Gasteiger charge is 2.21. The van der Waals surface area contributed by atoms with E-state index in [1.54, 1.807) is 6.07 Å². The number of unbranched alkanes of at least 4 members (excludes halogenated alkanes) is 1. The molecule has 0 bridgehead atoms. The van der Waals surface area contributed by atoms with Crippen molar-refractivity contribution in [1.29, 1.82) is 0 Å². The number of hydrogen-bond donors (Lipinski definition) is 0. The average molecular weight is 392 g/mol. The van der Waals surface area contributed by atoms with Crippen LogP contribution in [0.3, 0.4) is 0 Å². The van der Waals surface area contributed by atoms with Crippen LogP contribution in [0, 0.1) is 0 Å². The Kier molecular flexibility index (Phi) is 5.85. The first kappa shape index (κ1) is 14.6. The van der Waals surface area contributed by atoms with Gasteiger partial charge in [0.1, 0.15) is 0 Å². The first-order valence-corrected chi connectivity index (χ1v) is 7.31. The number of Topliss-reactive ketones (excluding diaryl/α,β-unsaturated/α-hetero) is 1. The summed E-state index contributed by atoms with van der Waals surface area (Å²) >= 11 is 18.0. The molecule has 0 N–H and O–H groups in total. The number of rotatable bonds is 5. The van der Waals surface area contributed by atoms with Crippen molar-refractivity contribution in [2.45, 2.75) is 31.1 Å². The predicted octanol–water partition coefficient (Wildman–Crippen LogP) is 4.80. The first-order valence-electron chi connectivity index (χ1n) is 4.86. The SMILES string of the molecule is CCCCn1c(C(=O)C(Cl)Cl)cc(Br)c1Br. The van der Waals surface area contributed by atoms with Crippen molar-refractivity contribution in [3.63, 3.8) is 0 Å². The van der Waals surface area contributed by atoms with Crippen LogP contribution < -0.4 is 0 Å². The van der Waals surface area contributed by atoms with Gasteiger partial charge in [-0.1, -0.05) is 36.5 Å². The number of alkyl halides is 2. The third-order valence-corrected chi connectivity index (χ3v) is 4.56. The molecule has 0 unspecified atom stereocenters. The first-order chi connectivity index (χ1) is 7.49. The Bertz CT molecular complexity index is 390. The fourth-order valence-corrected chi connectivity index (χ4v) is 2.48. The van der Waals surface area contributed by atoms with Crippen LogP contribution in [0.25, 0.3) is 0 Å². The molecule has 6 heteroatoms. The fourth-order valence-electron chi connectivity index (χ4n) is 1.34. The maximum atomic E-state index is 11.8. The number of carbonyl (C=O) groups is 1. The summed E-state index contributed by atoms with van der Waals surface area (Å²) in [6, 6.07) is 1.74. The Labute approximate surface area is 122 Å². The summed E-state index contributed by atoms with van der Waals surface area (Å²) in [4.78, 5) is 10.7. The van der Waals surface area contributed by atoms with Gasteiger partial charge in [0.05, 0.1) is 14.8 Å². The number of halogens is 4. The maximum Gasteiger partial charge on any atom is 0.212 e. The highest BCUT2D eigenvalue weighted by molar-refractivity contribution is 9.13. The zero-order chi connectivity index (χ0) is 12.3.